The van der Waals surface area contributed by atoms with Crippen molar-refractivity contribution in [2.24, 2.45) is 5.73 Å². The maximum Gasteiger partial charge on any atom is 0.472 e. The Morgan fingerprint density at radius 1 is 0.577 bits per heavy atom. The molecule has 0 aromatic rings. The van der Waals surface area contributed by atoms with Gasteiger partial charge < -0.3 is 25.2 Å². The maximum atomic E-state index is 12.3. The third kappa shape index (κ3) is 38.2. The Labute approximate surface area is 318 Å². The number of rotatable bonds is 40. The summed E-state index contributed by atoms with van der Waals surface area (Å²) in [5.41, 5.74) is 5.37. The van der Waals surface area contributed by atoms with Crippen LogP contribution in [0.15, 0.2) is 48.6 Å². The van der Waals surface area contributed by atoms with E-state index in [1.54, 1.807) is 0 Å². The second-order valence-electron chi connectivity index (χ2n) is 13.7. The van der Waals surface area contributed by atoms with Gasteiger partial charge >= 0.3 is 13.8 Å². The molecule has 0 aromatic carbocycles. The molecule has 0 aliphatic heterocycles. The molecule has 9 nitrogen and oxygen atoms in total. The van der Waals surface area contributed by atoms with E-state index in [1.165, 1.54) is 96.3 Å². The van der Waals surface area contributed by atoms with E-state index in [0.717, 1.165) is 57.8 Å². The Morgan fingerprint density at radius 3 is 1.44 bits per heavy atom. The molecule has 0 aliphatic rings. The molecule has 0 saturated heterocycles. The number of unbranched alkanes of at least 4 members (excludes halogenated alkanes) is 18. The molecule has 0 heterocycles. The highest BCUT2D eigenvalue weighted by molar-refractivity contribution is 7.47. The fourth-order valence-corrected chi connectivity index (χ4v) is 6.13. The molecule has 0 spiro atoms. The Kier molecular flexibility index (Phi) is 37.9. The van der Waals surface area contributed by atoms with E-state index in [4.69, 9.17) is 29.4 Å². The van der Waals surface area contributed by atoms with E-state index >= 15 is 0 Å². The van der Waals surface area contributed by atoms with Gasteiger partial charge in [-0.2, -0.15) is 0 Å². The molecule has 0 rings (SSSR count). The number of aliphatic carboxylic acids is 1. The summed E-state index contributed by atoms with van der Waals surface area (Å²) in [6.45, 7) is 4.94. The highest BCUT2D eigenvalue weighted by Gasteiger charge is 2.26. The first-order chi connectivity index (χ1) is 25.3. The molecule has 0 aliphatic carbocycles. The zero-order valence-corrected chi connectivity index (χ0v) is 34.0. The van der Waals surface area contributed by atoms with Gasteiger partial charge in [0.1, 0.15) is 12.1 Å². The van der Waals surface area contributed by atoms with Crippen LogP contribution in [-0.2, 0) is 27.9 Å². The van der Waals surface area contributed by atoms with Crippen LogP contribution < -0.4 is 5.73 Å². The number of carboxylic acids is 1. The summed E-state index contributed by atoms with van der Waals surface area (Å²) in [5.74, 6) is -1.33. The van der Waals surface area contributed by atoms with Crippen molar-refractivity contribution >= 4 is 13.8 Å². The number of phosphoric ester groups is 1. The third-order valence-electron chi connectivity index (χ3n) is 8.65. The van der Waals surface area contributed by atoms with Crippen LogP contribution in [0.1, 0.15) is 168 Å². The summed E-state index contributed by atoms with van der Waals surface area (Å²) in [6.07, 6.45) is 45.8. The van der Waals surface area contributed by atoms with Gasteiger partial charge in [-0.15, -0.1) is 0 Å². The Hall–Kier alpha value is -1.58. The average molecular weight is 756 g/mol. The van der Waals surface area contributed by atoms with E-state index in [0.29, 0.717) is 13.2 Å². The molecular formula is C42H78NO8P. The molecule has 0 aromatic heterocycles. The highest BCUT2D eigenvalue weighted by Crippen LogP contribution is 2.43. The van der Waals surface area contributed by atoms with E-state index < -0.39 is 32.5 Å². The van der Waals surface area contributed by atoms with Gasteiger partial charge in [-0.1, -0.05) is 140 Å². The molecule has 1 unspecified atom stereocenters. The summed E-state index contributed by atoms with van der Waals surface area (Å²) in [4.78, 5) is 20.9. The standard InChI is InChI=1S/C42H78NO8P/c1-3-5-7-9-11-13-15-17-19-21-23-25-27-29-31-33-35-48-37-40(38-50-52(46,47)51-39-41(43)42(44)45)49-36-34-32-30-28-26-24-22-20-18-16-14-12-10-8-6-4-2/h11-14,17-20,40-41H,3-10,15-16,21-39,43H2,1-2H3,(H,44,45)(H,46,47)/b13-11-,14-12-,19-17-,20-18-/t40-,41+/m1/s1. The fraction of sp³-hybridized carbons (Fsp3) is 0.786. The number of hydrogen-bond donors (Lipinski definition) is 3. The lowest BCUT2D eigenvalue weighted by atomic mass is 10.1. The molecular weight excluding hydrogens is 677 g/mol. The quantitative estimate of drug-likeness (QED) is 0.0317. The SMILES string of the molecule is CCCCC/C=C\C/C=C\CCCCCCCCOC[C@H](COP(=O)(O)OC[C@H](N)C(=O)O)OCCCCCCCC/C=C\C/C=C\CCCCC. The zero-order chi connectivity index (χ0) is 38.2. The minimum absolute atomic E-state index is 0.206. The maximum absolute atomic E-state index is 12.3. The lowest BCUT2D eigenvalue weighted by Crippen LogP contribution is -2.34. The number of phosphoric acid groups is 1. The minimum Gasteiger partial charge on any atom is -0.480 e. The summed E-state index contributed by atoms with van der Waals surface area (Å²) in [5, 5.41) is 8.89. The van der Waals surface area contributed by atoms with Gasteiger partial charge in [-0.25, -0.2) is 4.57 Å². The van der Waals surface area contributed by atoms with Crippen molar-refractivity contribution in [3.8, 4) is 0 Å². The summed E-state index contributed by atoms with van der Waals surface area (Å²) >= 11 is 0. The second-order valence-corrected chi connectivity index (χ2v) is 15.2. The number of hydrogen-bond acceptors (Lipinski definition) is 7. The minimum atomic E-state index is -4.49. The van der Waals surface area contributed by atoms with Crippen molar-refractivity contribution in [1.29, 1.82) is 0 Å². The lowest BCUT2D eigenvalue weighted by molar-refractivity contribution is -0.139. The van der Waals surface area contributed by atoms with Gasteiger partial charge in [0.05, 0.1) is 19.8 Å². The molecule has 3 atom stereocenters. The second kappa shape index (κ2) is 39.1. The predicted octanol–water partition coefficient (Wildman–Crippen LogP) is 11.6. The Bertz CT molecular complexity index is 954. The Morgan fingerprint density at radius 2 is 0.981 bits per heavy atom. The molecule has 0 amide bonds. The van der Waals surface area contributed by atoms with Crippen LogP contribution in [0.25, 0.3) is 0 Å². The number of nitrogens with two attached hydrogens (primary N) is 1. The number of allylic oxidation sites excluding steroid dienone is 8. The van der Waals surface area contributed by atoms with Crippen molar-refractivity contribution in [2.45, 2.75) is 180 Å². The van der Waals surface area contributed by atoms with Crippen LogP contribution in [0.3, 0.4) is 0 Å². The molecule has 304 valence electrons. The van der Waals surface area contributed by atoms with Gasteiger partial charge in [0, 0.05) is 13.2 Å². The zero-order valence-electron chi connectivity index (χ0n) is 33.1. The van der Waals surface area contributed by atoms with Gasteiger partial charge in [0.25, 0.3) is 0 Å². The summed E-state index contributed by atoms with van der Waals surface area (Å²) in [7, 11) is -4.49. The Balaban J connectivity index is 4.18. The van der Waals surface area contributed by atoms with Crippen LogP contribution in [0, 0.1) is 0 Å². The molecule has 52 heavy (non-hydrogen) atoms. The monoisotopic (exact) mass is 756 g/mol. The first-order valence-electron chi connectivity index (χ1n) is 20.7. The first-order valence-corrected chi connectivity index (χ1v) is 22.2. The van der Waals surface area contributed by atoms with Crippen molar-refractivity contribution in [3.05, 3.63) is 48.6 Å². The van der Waals surface area contributed by atoms with Gasteiger partial charge in [0.15, 0.2) is 0 Å². The molecule has 0 bridgehead atoms. The van der Waals surface area contributed by atoms with Crippen LogP contribution in [0.4, 0.5) is 0 Å². The van der Waals surface area contributed by atoms with Crippen LogP contribution in [0.2, 0.25) is 0 Å². The molecule has 4 N–H and O–H groups in total. The van der Waals surface area contributed by atoms with Crippen molar-refractivity contribution < 1.29 is 37.9 Å². The highest BCUT2D eigenvalue weighted by atomic mass is 31.2. The molecule has 0 radical (unpaired) electrons. The van der Waals surface area contributed by atoms with Crippen molar-refractivity contribution in [2.75, 3.05) is 33.0 Å². The van der Waals surface area contributed by atoms with Gasteiger partial charge in [-0.3, -0.25) is 13.8 Å². The first kappa shape index (κ1) is 50.4. The molecule has 0 fully saturated rings. The fourth-order valence-electron chi connectivity index (χ4n) is 5.35. The van der Waals surface area contributed by atoms with E-state index in [1.807, 2.05) is 0 Å². The molecule has 0 saturated carbocycles. The third-order valence-corrected chi connectivity index (χ3v) is 9.60. The number of carboxylic acid groups (broad SMARTS) is 1. The topological polar surface area (TPSA) is 138 Å². The van der Waals surface area contributed by atoms with Crippen molar-refractivity contribution in [1.82, 2.24) is 0 Å². The van der Waals surface area contributed by atoms with Gasteiger partial charge in [0.2, 0.25) is 0 Å². The molecule has 10 heteroatoms. The number of ether oxygens (including phenoxy) is 2. The average Bonchev–Trinajstić information content (AvgIpc) is 3.13. The van der Waals surface area contributed by atoms with Gasteiger partial charge in [-0.05, 0) is 77.0 Å². The van der Waals surface area contributed by atoms with E-state index in [9.17, 15) is 14.3 Å². The van der Waals surface area contributed by atoms with Crippen molar-refractivity contribution in [3.63, 3.8) is 0 Å². The number of carbonyl (C=O) groups is 1. The summed E-state index contributed by atoms with van der Waals surface area (Å²) < 4.78 is 34.0. The van der Waals surface area contributed by atoms with E-state index in [2.05, 4.69) is 62.5 Å². The summed E-state index contributed by atoms with van der Waals surface area (Å²) in [6, 6.07) is -1.42. The largest absolute Gasteiger partial charge is 0.480 e. The normalized spacial score (nSPS) is 14.7. The predicted molar refractivity (Wildman–Crippen MR) is 217 cm³/mol. The van der Waals surface area contributed by atoms with Crippen LogP contribution in [-0.4, -0.2) is 61.1 Å². The van der Waals surface area contributed by atoms with Crippen LogP contribution >= 0.6 is 7.82 Å². The lowest BCUT2D eigenvalue weighted by Gasteiger charge is -2.20. The van der Waals surface area contributed by atoms with Crippen LogP contribution in [0.5, 0.6) is 0 Å². The smallest absolute Gasteiger partial charge is 0.472 e. The van der Waals surface area contributed by atoms with E-state index in [-0.39, 0.29) is 13.2 Å².